The van der Waals surface area contributed by atoms with Crippen LogP contribution in [0.15, 0.2) is 48.5 Å². The number of carbonyl (C=O) groups is 2. The Morgan fingerprint density at radius 2 is 1.87 bits per heavy atom. The summed E-state index contributed by atoms with van der Waals surface area (Å²) in [6, 6.07) is 14.7. The summed E-state index contributed by atoms with van der Waals surface area (Å²) < 4.78 is 5.59. The fraction of sp³-hybridized carbons (Fsp3) is 0.360. The van der Waals surface area contributed by atoms with Crippen molar-refractivity contribution in [2.24, 2.45) is 5.92 Å². The molecule has 0 unspecified atom stereocenters. The molecule has 1 aromatic heterocycles. The SMILES string of the molecule is CCOc1ccccc1C(=O)N[C@@H](C(=O)N1CCc2[nH]c3ccccc3c2C1)C(C)C. The minimum absolute atomic E-state index is 0.0416. The number of carbonyl (C=O) groups excluding carboxylic acids is 2. The van der Waals surface area contributed by atoms with Crippen molar-refractivity contribution >= 4 is 22.7 Å². The number of para-hydroxylation sites is 2. The average molecular weight is 420 g/mol. The molecule has 2 amide bonds. The first-order valence-corrected chi connectivity index (χ1v) is 10.9. The van der Waals surface area contributed by atoms with Gasteiger partial charge in [0, 0.05) is 41.7 Å². The third-order valence-corrected chi connectivity index (χ3v) is 5.85. The van der Waals surface area contributed by atoms with E-state index < -0.39 is 6.04 Å². The molecule has 0 radical (unpaired) electrons. The predicted molar refractivity (Wildman–Crippen MR) is 121 cm³/mol. The van der Waals surface area contributed by atoms with E-state index in [1.165, 1.54) is 11.3 Å². The standard InChI is InChI=1S/C25H29N3O3/c1-4-31-22-12-8-6-10-18(22)24(29)27-23(16(2)3)25(30)28-14-13-21-19(15-28)17-9-5-7-11-20(17)26-21/h5-12,16,23,26H,4,13-15H2,1-3H3,(H,27,29)/t23-/m1/s1. The monoisotopic (exact) mass is 419 g/mol. The van der Waals surface area contributed by atoms with Gasteiger partial charge in [0.15, 0.2) is 0 Å². The van der Waals surface area contributed by atoms with Crippen molar-refractivity contribution < 1.29 is 14.3 Å². The van der Waals surface area contributed by atoms with Crippen LogP contribution in [0.4, 0.5) is 0 Å². The zero-order chi connectivity index (χ0) is 22.0. The quantitative estimate of drug-likeness (QED) is 0.636. The van der Waals surface area contributed by atoms with Gasteiger partial charge in [0.25, 0.3) is 5.91 Å². The summed E-state index contributed by atoms with van der Waals surface area (Å²) in [7, 11) is 0. The zero-order valence-electron chi connectivity index (χ0n) is 18.3. The highest BCUT2D eigenvalue weighted by Crippen LogP contribution is 2.28. The molecular formula is C25H29N3O3. The van der Waals surface area contributed by atoms with E-state index in [-0.39, 0.29) is 17.7 Å². The molecule has 6 heteroatoms. The molecule has 0 aliphatic carbocycles. The Hall–Kier alpha value is -3.28. The van der Waals surface area contributed by atoms with Crippen LogP contribution < -0.4 is 10.1 Å². The lowest BCUT2D eigenvalue weighted by Gasteiger charge is -2.32. The number of H-pyrrole nitrogens is 1. The Morgan fingerprint density at radius 1 is 1.13 bits per heavy atom. The van der Waals surface area contributed by atoms with Crippen molar-refractivity contribution in [3.05, 3.63) is 65.4 Å². The Bertz CT molecular complexity index is 1100. The van der Waals surface area contributed by atoms with Gasteiger partial charge in [-0.2, -0.15) is 0 Å². The minimum atomic E-state index is -0.603. The maximum atomic E-state index is 13.5. The van der Waals surface area contributed by atoms with E-state index in [0.717, 1.165) is 17.3 Å². The molecule has 3 aromatic rings. The van der Waals surface area contributed by atoms with Gasteiger partial charge in [-0.25, -0.2) is 0 Å². The Morgan fingerprint density at radius 3 is 2.65 bits per heavy atom. The number of fused-ring (bicyclic) bond motifs is 3. The van der Waals surface area contributed by atoms with Crippen LogP contribution in [0.2, 0.25) is 0 Å². The molecule has 6 nitrogen and oxygen atoms in total. The molecule has 0 saturated heterocycles. The molecule has 1 aliphatic rings. The van der Waals surface area contributed by atoms with Gasteiger partial charge in [0.1, 0.15) is 11.8 Å². The summed E-state index contributed by atoms with van der Waals surface area (Å²) in [5.41, 5.74) is 3.91. The Labute approximate surface area is 182 Å². The highest BCUT2D eigenvalue weighted by atomic mass is 16.5. The topological polar surface area (TPSA) is 74.4 Å². The Balaban J connectivity index is 1.54. The third kappa shape index (κ3) is 4.15. The largest absolute Gasteiger partial charge is 0.493 e. The van der Waals surface area contributed by atoms with Crippen LogP contribution in [0.5, 0.6) is 5.75 Å². The lowest BCUT2D eigenvalue weighted by atomic mass is 9.99. The number of amides is 2. The highest BCUT2D eigenvalue weighted by Gasteiger charge is 2.32. The molecule has 0 spiro atoms. The van der Waals surface area contributed by atoms with Crippen LogP contribution >= 0.6 is 0 Å². The fourth-order valence-corrected chi connectivity index (χ4v) is 4.22. The maximum absolute atomic E-state index is 13.5. The van der Waals surface area contributed by atoms with Gasteiger partial charge >= 0.3 is 0 Å². The fourth-order valence-electron chi connectivity index (χ4n) is 4.22. The molecule has 4 rings (SSSR count). The molecule has 1 atom stereocenters. The highest BCUT2D eigenvalue weighted by molar-refractivity contribution is 5.99. The van der Waals surface area contributed by atoms with Gasteiger partial charge in [-0.3, -0.25) is 9.59 Å². The van der Waals surface area contributed by atoms with Crippen LogP contribution in [0.1, 0.15) is 42.4 Å². The first-order chi connectivity index (χ1) is 15.0. The number of hydrogen-bond acceptors (Lipinski definition) is 3. The lowest BCUT2D eigenvalue weighted by molar-refractivity contribution is -0.135. The molecule has 2 heterocycles. The van der Waals surface area contributed by atoms with E-state index in [0.29, 0.717) is 31.0 Å². The lowest BCUT2D eigenvalue weighted by Crippen LogP contribution is -2.52. The van der Waals surface area contributed by atoms with E-state index in [4.69, 9.17) is 4.74 Å². The minimum Gasteiger partial charge on any atom is -0.493 e. The maximum Gasteiger partial charge on any atom is 0.255 e. The summed E-state index contributed by atoms with van der Waals surface area (Å²) in [6.45, 7) is 7.44. The molecule has 0 bridgehead atoms. The summed E-state index contributed by atoms with van der Waals surface area (Å²) in [4.78, 5) is 31.8. The number of benzene rings is 2. The van der Waals surface area contributed by atoms with Crippen molar-refractivity contribution in [3.63, 3.8) is 0 Å². The number of nitrogens with zero attached hydrogens (tertiary/aromatic N) is 1. The van der Waals surface area contributed by atoms with Crippen molar-refractivity contribution in [1.82, 2.24) is 15.2 Å². The molecule has 2 N–H and O–H groups in total. The van der Waals surface area contributed by atoms with Crippen molar-refractivity contribution in [3.8, 4) is 5.75 Å². The average Bonchev–Trinajstić information content (AvgIpc) is 3.15. The first-order valence-electron chi connectivity index (χ1n) is 10.9. The molecule has 162 valence electrons. The smallest absolute Gasteiger partial charge is 0.255 e. The zero-order valence-corrected chi connectivity index (χ0v) is 18.3. The number of ether oxygens (including phenoxy) is 1. The van der Waals surface area contributed by atoms with Gasteiger partial charge in [-0.15, -0.1) is 0 Å². The number of aromatic amines is 1. The Kier molecular flexibility index (Phi) is 5.98. The van der Waals surface area contributed by atoms with Crippen LogP contribution in [0.25, 0.3) is 10.9 Å². The van der Waals surface area contributed by atoms with Crippen LogP contribution in [0.3, 0.4) is 0 Å². The second-order valence-corrected chi connectivity index (χ2v) is 8.26. The van der Waals surface area contributed by atoms with Crippen molar-refractivity contribution in [2.45, 2.75) is 39.8 Å². The summed E-state index contributed by atoms with van der Waals surface area (Å²) in [5, 5.41) is 4.12. The van der Waals surface area contributed by atoms with Crippen LogP contribution in [-0.2, 0) is 17.8 Å². The van der Waals surface area contributed by atoms with Crippen LogP contribution in [0, 0.1) is 5.92 Å². The predicted octanol–water partition coefficient (Wildman–Crippen LogP) is 3.91. The summed E-state index contributed by atoms with van der Waals surface area (Å²) in [6.07, 6.45) is 0.779. The van der Waals surface area contributed by atoms with E-state index in [1.54, 1.807) is 18.2 Å². The van der Waals surface area contributed by atoms with E-state index in [2.05, 4.69) is 22.4 Å². The van der Waals surface area contributed by atoms with Gasteiger partial charge in [0.2, 0.25) is 5.91 Å². The number of hydrogen-bond donors (Lipinski definition) is 2. The summed E-state index contributed by atoms with van der Waals surface area (Å²) >= 11 is 0. The molecule has 0 fully saturated rings. The van der Waals surface area contributed by atoms with Gasteiger partial charge in [-0.05, 0) is 31.0 Å². The van der Waals surface area contributed by atoms with Crippen LogP contribution in [-0.4, -0.2) is 40.9 Å². The molecule has 31 heavy (non-hydrogen) atoms. The molecule has 0 saturated carbocycles. The second kappa shape index (κ2) is 8.84. The summed E-state index contributed by atoms with van der Waals surface area (Å²) in [5.74, 6) is 0.146. The van der Waals surface area contributed by atoms with Crippen molar-refractivity contribution in [1.29, 1.82) is 0 Å². The number of rotatable bonds is 6. The normalized spacial score (nSPS) is 14.4. The first kappa shape index (κ1) is 21.0. The van der Waals surface area contributed by atoms with Crippen molar-refractivity contribution in [2.75, 3.05) is 13.2 Å². The molecule has 1 aliphatic heterocycles. The van der Waals surface area contributed by atoms with Gasteiger partial charge in [-0.1, -0.05) is 44.2 Å². The van der Waals surface area contributed by atoms with E-state index in [1.807, 2.05) is 43.9 Å². The van der Waals surface area contributed by atoms with E-state index >= 15 is 0 Å². The number of nitrogens with one attached hydrogen (secondary N) is 2. The molecular weight excluding hydrogens is 390 g/mol. The number of aromatic nitrogens is 1. The van der Waals surface area contributed by atoms with Gasteiger partial charge in [0.05, 0.1) is 12.2 Å². The second-order valence-electron chi connectivity index (χ2n) is 8.26. The van der Waals surface area contributed by atoms with E-state index in [9.17, 15) is 9.59 Å². The van der Waals surface area contributed by atoms with Gasteiger partial charge < -0.3 is 19.9 Å². The third-order valence-electron chi connectivity index (χ3n) is 5.85. The molecule has 2 aromatic carbocycles.